The van der Waals surface area contributed by atoms with Crippen LogP contribution < -0.4 is 5.73 Å². The van der Waals surface area contributed by atoms with E-state index in [0.717, 1.165) is 29.3 Å². The summed E-state index contributed by atoms with van der Waals surface area (Å²) in [6.45, 7) is 2.01. The highest BCUT2D eigenvalue weighted by atomic mass is 15.3. The van der Waals surface area contributed by atoms with E-state index in [1.165, 1.54) is 0 Å². The molecule has 5 heteroatoms. The largest absolute Gasteiger partial charge is 0.384 e. The highest BCUT2D eigenvalue weighted by molar-refractivity contribution is 5.60. The molecule has 0 saturated heterocycles. The Morgan fingerprint density at radius 3 is 2.65 bits per heavy atom. The molecule has 0 spiro atoms. The lowest BCUT2D eigenvalue weighted by Gasteiger charge is -2.08. The van der Waals surface area contributed by atoms with Crippen molar-refractivity contribution in [2.24, 2.45) is 0 Å². The fourth-order valence-electron chi connectivity index (χ4n) is 2.08. The van der Waals surface area contributed by atoms with Crippen molar-refractivity contribution in [3.63, 3.8) is 0 Å². The van der Waals surface area contributed by atoms with E-state index in [0.29, 0.717) is 5.82 Å². The summed E-state index contributed by atoms with van der Waals surface area (Å²) in [7, 11) is 0. The molecule has 0 bridgehead atoms. The van der Waals surface area contributed by atoms with Crippen LogP contribution in [0.15, 0.2) is 48.7 Å². The number of hydrogen-bond donors (Lipinski definition) is 1. The summed E-state index contributed by atoms with van der Waals surface area (Å²) in [5.74, 6) is 1.22. The van der Waals surface area contributed by atoms with Gasteiger partial charge in [-0.2, -0.15) is 5.10 Å². The highest BCUT2D eigenvalue weighted by Crippen LogP contribution is 2.21. The number of para-hydroxylation sites is 1. The molecule has 0 aliphatic rings. The molecule has 5 nitrogen and oxygen atoms in total. The number of aromatic nitrogens is 4. The number of nitrogen functional groups attached to an aromatic ring is 1. The first-order valence-electron chi connectivity index (χ1n) is 6.51. The van der Waals surface area contributed by atoms with Crippen LogP contribution in [0.3, 0.4) is 0 Å². The molecule has 3 rings (SSSR count). The maximum Gasteiger partial charge on any atom is 0.131 e. The summed E-state index contributed by atoms with van der Waals surface area (Å²) in [6, 6.07) is 13.6. The Balaban J connectivity index is 2.13. The number of nitrogens with zero attached hydrogens (tertiary/aromatic N) is 4. The molecule has 2 aromatic heterocycles. The molecule has 20 heavy (non-hydrogen) atoms. The van der Waals surface area contributed by atoms with Crippen molar-refractivity contribution >= 4 is 5.82 Å². The summed E-state index contributed by atoms with van der Waals surface area (Å²) in [6.07, 6.45) is 2.50. The normalized spacial score (nSPS) is 10.7. The molecule has 0 fully saturated rings. The molecule has 0 amide bonds. The van der Waals surface area contributed by atoms with Crippen molar-refractivity contribution in [3.05, 3.63) is 54.5 Å². The lowest BCUT2D eigenvalue weighted by Crippen LogP contribution is -2.04. The number of anilines is 1. The van der Waals surface area contributed by atoms with Crippen LogP contribution in [0.1, 0.15) is 12.7 Å². The van der Waals surface area contributed by atoms with Crippen LogP contribution in [0.5, 0.6) is 0 Å². The second-order valence-corrected chi connectivity index (χ2v) is 4.41. The molecule has 0 atom stereocenters. The fraction of sp³-hybridized carbons (Fsp3) is 0.133. The molecular formula is C15H15N5. The van der Waals surface area contributed by atoms with Gasteiger partial charge < -0.3 is 5.73 Å². The van der Waals surface area contributed by atoms with Crippen LogP contribution >= 0.6 is 0 Å². The number of benzene rings is 1. The van der Waals surface area contributed by atoms with Crippen LogP contribution in [0, 0.1) is 0 Å². The molecule has 1 aromatic carbocycles. The molecule has 0 radical (unpaired) electrons. The Morgan fingerprint density at radius 2 is 1.90 bits per heavy atom. The third-order valence-electron chi connectivity index (χ3n) is 3.01. The summed E-state index contributed by atoms with van der Waals surface area (Å²) in [5.41, 5.74) is 8.53. The van der Waals surface area contributed by atoms with E-state index in [2.05, 4.69) is 15.1 Å². The molecule has 2 heterocycles. The quantitative estimate of drug-likeness (QED) is 0.789. The smallest absolute Gasteiger partial charge is 0.131 e. The van der Waals surface area contributed by atoms with Gasteiger partial charge in [0.2, 0.25) is 0 Å². The Morgan fingerprint density at radius 1 is 1.10 bits per heavy atom. The van der Waals surface area contributed by atoms with E-state index in [1.54, 1.807) is 12.3 Å². The number of aryl methyl sites for hydroxylation is 1. The van der Waals surface area contributed by atoms with E-state index in [4.69, 9.17) is 5.73 Å². The predicted octanol–water partition coefficient (Wildman–Crippen LogP) is 2.47. The predicted molar refractivity (Wildman–Crippen MR) is 78.4 cm³/mol. The molecular weight excluding hydrogens is 250 g/mol. The van der Waals surface area contributed by atoms with Crippen molar-refractivity contribution in [2.45, 2.75) is 13.3 Å². The second-order valence-electron chi connectivity index (χ2n) is 4.41. The first-order chi connectivity index (χ1) is 9.78. The second kappa shape index (κ2) is 5.13. The summed E-state index contributed by atoms with van der Waals surface area (Å²) in [4.78, 5) is 8.73. The maximum atomic E-state index is 5.85. The average Bonchev–Trinajstić information content (AvgIpc) is 2.97. The average molecular weight is 265 g/mol. The van der Waals surface area contributed by atoms with E-state index in [1.807, 2.05) is 48.0 Å². The molecule has 100 valence electrons. The van der Waals surface area contributed by atoms with Crippen molar-refractivity contribution < 1.29 is 0 Å². The minimum atomic E-state index is 0.479. The molecule has 0 saturated carbocycles. The van der Waals surface area contributed by atoms with Crippen molar-refractivity contribution in [3.8, 4) is 17.1 Å². The first-order valence-corrected chi connectivity index (χ1v) is 6.51. The van der Waals surface area contributed by atoms with E-state index in [9.17, 15) is 0 Å². The third-order valence-corrected chi connectivity index (χ3v) is 3.01. The molecule has 0 unspecified atom stereocenters. The van der Waals surface area contributed by atoms with Crippen molar-refractivity contribution in [1.29, 1.82) is 0 Å². The highest BCUT2D eigenvalue weighted by Gasteiger charge is 2.10. The zero-order valence-corrected chi connectivity index (χ0v) is 11.2. The van der Waals surface area contributed by atoms with Crippen LogP contribution in [0.2, 0.25) is 0 Å². The van der Waals surface area contributed by atoms with E-state index >= 15 is 0 Å². The Labute approximate surface area is 117 Å². The van der Waals surface area contributed by atoms with Gasteiger partial charge in [-0.25, -0.2) is 14.6 Å². The van der Waals surface area contributed by atoms with Gasteiger partial charge in [-0.05, 0) is 18.2 Å². The van der Waals surface area contributed by atoms with Gasteiger partial charge in [-0.1, -0.05) is 25.1 Å². The Bertz CT molecular complexity index is 718. The monoisotopic (exact) mass is 265 g/mol. The lowest BCUT2D eigenvalue weighted by atomic mass is 10.2. The number of hydrogen-bond acceptors (Lipinski definition) is 4. The van der Waals surface area contributed by atoms with Crippen LogP contribution in [0.4, 0.5) is 5.82 Å². The lowest BCUT2D eigenvalue weighted by molar-refractivity contribution is 0.875. The molecule has 0 aliphatic carbocycles. The Hall–Kier alpha value is -2.69. The first kappa shape index (κ1) is 12.3. The maximum absolute atomic E-state index is 5.85. The van der Waals surface area contributed by atoms with E-state index in [-0.39, 0.29) is 0 Å². The molecule has 3 aromatic rings. The van der Waals surface area contributed by atoms with E-state index < -0.39 is 0 Å². The minimum absolute atomic E-state index is 0.479. The van der Waals surface area contributed by atoms with Crippen LogP contribution in [-0.4, -0.2) is 19.7 Å². The van der Waals surface area contributed by atoms with Gasteiger partial charge in [0.1, 0.15) is 11.6 Å². The minimum Gasteiger partial charge on any atom is -0.384 e. The zero-order valence-electron chi connectivity index (χ0n) is 11.2. The summed E-state index contributed by atoms with van der Waals surface area (Å²) >= 11 is 0. The van der Waals surface area contributed by atoms with Gasteiger partial charge in [0, 0.05) is 12.5 Å². The van der Waals surface area contributed by atoms with Crippen molar-refractivity contribution in [2.75, 3.05) is 5.73 Å². The van der Waals surface area contributed by atoms with Crippen LogP contribution in [0.25, 0.3) is 17.1 Å². The topological polar surface area (TPSA) is 69.6 Å². The number of rotatable bonds is 3. The standard InChI is InChI=1S/C15H15N5/c1-2-15-18-12(10-14(16)19-15)13-8-9-17-20(13)11-6-4-3-5-7-11/h3-10H,2H2,1H3,(H2,16,18,19). The van der Waals surface area contributed by atoms with Gasteiger partial charge in [0.15, 0.2) is 0 Å². The Kier molecular flexibility index (Phi) is 3.16. The van der Waals surface area contributed by atoms with Gasteiger partial charge in [-0.3, -0.25) is 0 Å². The third kappa shape index (κ3) is 2.25. The van der Waals surface area contributed by atoms with Gasteiger partial charge >= 0.3 is 0 Å². The molecule has 2 N–H and O–H groups in total. The number of nitrogens with two attached hydrogens (primary N) is 1. The fourth-order valence-corrected chi connectivity index (χ4v) is 2.08. The molecule has 0 aliphatic heterocycles. The summed E-state index contributed by atoms with van der Waals surface area (Å²) < 4.78 is 1.85. The van der Waals surface area contributed by atoms with Crippen LogP contribution in [-0.2, 0) is 6.42 Å². The van der Waals surface area contributed by atoms with Gasteiger partial charge in [0.05, 0.1) is 23.3 Å². The zero-order chi connectivity index (χ0) is 13.9. The SMILES string of the molecule is CCc1nc(N)cc(-c2ccnn2-c2ccccc2)n1. The van der Waals surface area contributed by atoms with Gasteiger partial charge in [0.25, 0.3) is 0 Å². The van der Waals surface area contributed by atoms with Crippen molar-refractivity contribution in [1.82, 2.24) is 19.7 Å². The van der Waals surface area contributed by atoms with Gasteiger partial charge in [-0.15, -0.1) is 0 Å². The summed E-state index contributed by atoms with van der Waals surface area (Å²) in [5, 5.41) is 4.36.